The summed E-state index contributed by atoms with van der Waals surface area (Å²) >= 11 is 5.87. The van der Waals surface area contributed by atoms with Crippen LogP contribution in [0.1, 0.15) is 36.1 Å². The summed E-state index contributed by atoms with van der Waals surface area (Å²) in [4.78, 5) is 24.4. The number of halogens is 1. The number of cyclic esters (lactones) is 1. The van der Waals surface area contributed by atoms with E-state index in [-0.39, 0.29) is 18.3 Å². The maximum Gasteiger partial charge on any atom is 0.307 e. The molecule has 4 nitrogen and oxygen atoms in total. The molecule has 2 aromatic rings. The Kier molecular flexibility index (Phi) is 5.94. The number of hydrogen-bond acceptors (Lipinski definition) is 3. The molecule has 0 bridgehead atoms. The van der Waals surface area contributed by atoms with Crippen molar-refractivity contribution in [2.45, 2.75) is 32.3 Å². The number of carbonyl (C=O) groups excluding carboxylic acids is 2. The molecule has 1 amide bonds. The summed E-state index contributed by atoms with van der Waals surface area (Å²) in [6.07, 6.45) is 1.26. The molecule has 1 unspecified atom stereocenters. The van der Waals surface area contributed by atoms with Gasteiger partial charge in [-0.3, -0.25) is 9.59 Å². The Bertz CT molecular complexity index is 771. The second-order valence-corrected chi connectivity index (χ2v) is 6.92. The lowest BCUT2D eigenvalue weighted by Gasteiger charge is -2.18. The number of carbonyl (C=O) groups is 2. The molecule has 1 aliphatic heterocycles. The summed E-state index contributed by atoms with van der Waals surface area (Å²) in [5.41, 5.74) is 3.17. The monoisotopic (exact) mass is 371 g/mol. The minimum atomic E-state index is -0.510. The van der Waals surface area contributed by atoms with E-state index in [4.69, 9.17) is 16.3 Å². The van der Waals surface area contributed by atoms with Crippen LogP contribution in [0.25, 0.3) is 0 Å². The van der Waals surface area contributed by atoms with Crippen molar-refractivity contribution in [1.29, 1.82) is 0 Å². The highest BCUT2D eigenvalue weighted by Crippen LogP contribution is 2.35. The van der Waals surface area contributed by atoms with Crippen LogP contribution in [-0.4, -0.2) is 18.4 Å². The van der Waals surface area contributed by atoms with E-state index in [0.717, 1.165) is 17.5 Å². The zero-order valence-corrected chi connectivity index (χ0v) is 15.5. The first-order chi connectivity index (χ1) is 12.6. The van der Waals surface area contributed by atoms with E-state index in [1.807, 2.05) is 48.5 Å². The highest BCUT2D eigenvalue weighted by molar-refractivity contribution is 6.30. The van der Waals surface area contributed by atoms with Crippen molar-refractivity contribution in [3.05, 3.63) is 70.2 Å². The Morgan fingerprint density at radius 3 is 2.42 bits per heavy atom. The van der Waals surface area contributed by atoms with Gasteiger partial charge in [0.1, 0.15) is 6.10 Å². The van der Waals surface area contributed by atoms with Crippen LogP contribution in [0, 0.1) is 5.92 Å². The molecule has 1 fully saturated rings. The van der Waals surface area contributed by atoms with Gasteiger partial charge in [-0.05, 0) is 41.7 Å². The van der Waals surface area contributed by atoms with Crippen molar-refractivity contribution in [2.75, 3.05) is 6.54 Å². The predicted octanol–water partition coefficient (Wildman–Crippen LogP) is 3.87. The first-order valence-electron chi connectivity index (χ1n) is 8.87. The van der Waals surface area contributed by atoms with Crippen LogP contribution in [0.4, 0.5) is 0 Å². The van der Waals surface area contributed by atoms with Gasteiger partial charge in [0.2, 0.25) is 5.91 Å². The number of benzene rings is 2. The lowest BCUT2D eigenvalue weighted by Crippen LogP contribution is -2.33. The fourth-order valence-electron chi connectivity index (χ4n) is 3.14. The maximum atomic E-state index is 12.6. The van der Waals surface area contributed by atoms with Gasteiger partial charge < -0.3 is 10.1 Å². The van der Waals surface area contributed by atoms with Gasteiger partial charge in [-0.1, -0.05) is 54.9 Å². The molecule has 0 aliphatic carbocycles. The van der Waals surface area contributed by atoms with E-state index in [9.17, 15) is 9.59 Å². The largest absolute Gasteiger partial charge is 0.457 e. The smallest absolute Gasteiger partial charge is 0.307 e. The molecule has 2 aromatic carbocycles. The molecule has 5 heteroatoms. The fraction of sp³-hybridized carbons (Fsp3) is 0.333. The Labute approximate surface area is 158 Å². The molecule has 3 rings (SSSR count). The molecule has 1 saturated heterocycles. The fourth-order valence-corrected chi connectivity index (χ4v) is 3.27. The summed E-state index contributed by atoms with van der Waals surface area (Å²) in [7, 11) is 0. The van der Waals surface area contributed by atoms with E-state index in [1.54, 1.807) is 0 Å². The van der Waals surface area contributed by atoms with Crippen molar-refractivity contribution in [3.63, 3.8) is 0 Å². The minimum Gasteiger partial charge on any atom is -0.457 e. The third kappa shape index (κ3) is 4.44. The molecule has 0 spiro atoms. The predicted molar refractivity (Wildman–Crippen MR) is 101 cm³/mol. The van der Waals surface area contributed by atoms with Crippen molar-refractivity contribution in [3.8, 4) is 0 Å². The average Bonchev–Trinajstić information content (AvgIpc) is 3.05. The first kappa shape index (κ1) is 18.5. The SMILES string of the molecule is CCc1ccc(C2OC(=O)C[C@@H]2C(=O)NCCc2ccc(Cl)cc2)cc1. The molecule has 2 atom stereocenters. The number of aryl methyl sites for hydroxylation is 1. The number of ether oxygens (including phenoxy) is 1. The maximum absolute atomic E-state index is 12.6. The van der Waals surface area contributed by atoms with E-state index < -0.39 is 12.0 Å². The molecule has 26 heavy (non-hydrogen) atoms. The molecular weight excluding hydrogens is 350 g/mol. The Morgan fingerprint density at radius 2 is 1.77 bits per heavy atom. The number of esters is 1. The van der Waals surface area contributed by atoms with Crippen molar-refractivity contribution in [2.24, 2.45) is 5.92 Å². The number of hydrogen-bond donors (Lipinski definition) is 1. The molecule has 0 saturated carbocycles. The Balaban J connectivity index is 1.60. The van der Waals surface area contributed by atoms with E-state index in [1.165, 1.54) is 5.56 Å². The molecule has 0 aromatic heterocycles. The molecule has 1 aliphatic rings. The lowest BCUT2D eigenvalue weighted by atomic mass is 9.93. The quantitative estimate of drug-likeness (QED) is 0.784. The van der Waals surface area contributed by atoms with Crippen LogP contribution in [0.5, 0.6) is 0 Å². The number of nitrogens with one attached hydrogen (secondary N) is 1. The summed E-state index contributed by atoms with van der Waals surface area (Å²) in [5, 5.41) is 3.62. The van der Waals surface area contributed by atoms with Crippen molar-refractivity contribution < 1.29 is 14.3 Å². The van der Waals surface area contributed by atoms with Crippen LogP contribution < -0.4 is 5.32 Å². The Morgan fingerprint density at radius 1 is 1.12 bits per heavy atom. The van der Waals surface area contributed by atoms with Gasteiger partial charge in [-0.15, -0.1) is 0 Å². The average molecular weight is 372 g/mol. The normalized spacial score (nSPS) is 19.2. The van der Waals surface area contributed by atoms with Gasteiger partial charge in [0.05, 0.1) is 12.3 Å². The van der Waals surface area contributed by atoms with Crippen molar-refractivity contribution in [1.82, 2.24) is 5.32 Å². The third-order valence-corrected chi connectivity index (χ3v) is 4.94. The van der Waals surface area contributed by atoms with Crippen LogP contribution in [0.15, 0.2) is 48.5 Å². The van der Waals surface area contributed by atoms with E-state index in [2.05, 4.69) is 12.2 Å². The minimum absolute atomic E-state index is 0.118. The highest BCUT2D eigenvalue weighted by atomic mass is 35.5. The standard InChI is InChI=1S/C21H22ClNO3/c1-2-14-3-7-16(8-4-14)20-18(13-19(24)26-20)21(25)23-12-11-15-5-9-17(22)10-6-15/h3-10,18,20H,2,11-13H2,1H3,(H,23,25)/t18-,20?/m0/s1. The molecule has 1 heterocycles. The highest BCUT2D eigenvalue weighted by Gasteiger charge is 2.40. The van der Waals surface area contributed by atoms with Gasteiger partial charge in [-0.2, -0.15) is 0 Å². The summed E-state index contributed by atoms with van der Waals surface area (Å²) in [6.45, 7) is 2.59. The molecule has 136 valence electrons. The summed E-state index contributed by atoms with van der Waals surface area (Å²) in [6, 6.07) is 15.4. The lowest BCUT2D eigenvalue weighted by molar-refractivity contribution is -0.141. The van der Waals surface area contributed by atoms with E-state index >= 15 is 0 Å². The second kappa shape index (κ2) is 8.37. The van der Waals surface area contributed by atoms with Gasteiger partial charge in [-0.25, -0.2) is 0 Å². The number of amides is 1. The van der Waals surface area contributed by atoms with Crippen LogP contribution in [0.3, 0.4) is 0 Å². The Hall–Kier alpha value is -2.33. The zero-order chi connectivity index (χ0) is 18.5. The molecular formula is C21H22ClNO3. The van der Waals surface area contributed by atoms with Crippen molar-refractivity contribution >= 4 is 23.5 Å². The van der Waals surface area contributed by atoms with Gasteiger partial charge in [0, 0.05) is 11.6 Å². The topological polar surface area (TPSA) is 55.4 Å². The van der Waals surface area contributed by atoms with E-state index in [0.29, 0.717) is 18.0 Å². The van der Waals surface area contributed by atoms with Gasteiger partial charge in [0.15, 0.2) is 0 Å². The van der Waals surface area contributed by atoms with Gasteiger partial charge in [0.25, 0.3) is 0 Å². The molecule has 0 radical (unpaired) electrons. The van der Waals surface area contributed by atoms with Crippen LogP contribution >= 0.6 is 11.6 Å². The second-order valence-electron chi connectivity index (χ2n) is 6.48. The summed E-state index contributed by atoms with van der Waals surface area (Å²) in [5.74, 6) is -0.956. The number of rotatable bonds is 6. The third-order valence-electron chi connectivity index (χ3n) is 4.69. The van der Waals surface area contributed by atoms with Crippen LogP contribution in [0.2, 0.25) is 5.02 Å². The first-order valence-corrected chi connectivity index (χ1v) is 9.25. The molecule has 1 N–H and O–H groups in total. The van der Waals surface area contributed by atoms with Gasteiger partial charge >= 0.3 is 5.97 Å². The van der Waals surface area contributed by atoms with Crippen LogP contribution in [-0.2, 0) is 27.2 Å². The zero-order valence-electron chi connectivity index (χ0n) is 14.7. The summed E-state index contributed by atoms with van der Waals surface area (Å²) < 4.78 is 5.42.